The van der Waals surface area contributed by atoms with Gasteiger partial charge in [0.2, 0.25) is 0 Å². The van der Waals surface area contributed by atoms with Crippen molar-refractivity contribution in [2.45, 2.75) is 19.5 Å². The molecule has 2 heterocycles. The van der Waals surface area contributed by atoms with Crippen LogP contribution in [-0.4, -0.2) is 30.8 Å². The van der Waals surface area contributed by atoms with Gasteiger partial charge in [0.1, 0.15) is 5.82 Å². The van der Waals surface area contributed by atoms with Crippen LogP contribution in [0.5, 0.6) is 0 Å². The standard InChI is InChI=1S/C11H16ClN3O/c1-8-7-16-3-2-15(8)11-10(12)4-9(5-13)6-14-11/h4,6,8H,2-3,5,7,13H2,1H3. The van der Waals surface area contributed by atoms with Crippen molar-refractivity contribution in [1.82, 2.24) is 4.98 Å². The van der Waals surface area contributed by atoms with Gasteiger partial charge >= 0.3 is 0 Å². The Bertz CT molecular complexity index is 372. The second-order valence-corrected chi connectivity index (χ2v) is 4.38. The normalized spacial score (nSPS) is 21.2. The smallest absolute Gasteiger partial charge is 0.147 e. The van der Waals surface area contributed by atoms with Crippen LogP contribution in [0.3, 0.4) is 0 Å². The van der Waals surface area contributed by atoms with E-state index in [9.17, 15) is 0 Å². The average molecular weight is 242 g/mol. The van der Waals surface area contributed by atoms with Crippen LogP contribution in [-0.2, 0) is 11.3 Å². The number of aromatic nitrogens is 1. The maximum absolute atomic E-state index is 6.21. The van der Waals surface area contributed by atoms with Crippen molar-refractivity contribution in [3.05, 3.63) is 22.8 Å². The first kappa shape index (κ1) is 11.6. The highest BCUT2D eigenvalue weighted by Gasteiger charge is 2.22. The van der Waals surface area contributed by atoms with E-state index in [1.165, 1.54) is 0 Å². The molecule has 0 aliphatic carbocycles. The highest BCUT2D eigenvalue weighted by atomic mass is 35.5. The third-order valence-corrected chi connectivity index (χ3v) is 3.03. The fraction of sp³-hybridized carbons (Fsp3) is 0.545. The van der Waals surface area contributed by atoms with Crippen LogP contribution in [0.4, 0.5) is 5.82 Å². The number of rotatable bonds is 2. The molecule has 1 aliphatic rings. The van der Waals surface area contributed by atoms with E-state index in [0.29, 0.717) is 17.6 Å². The number of anilines is 1. The second-order valence-electron chi connectivity index (χ2n) is 3.97. The number of nitrogens with two attached hydrogens (primary N) is 1. The van der Waals surface area contributed by atoms with Gasteiger partial charge in [-0.15, -0.1) is 0 Å². The Balaban J connectivity index is 2.25. The summed E-state index contributed by atoms with van der Waals surface area (Å²) in [6.45, 7) is 4.84. The van der Waals surface area contributed by atoms with Gasteiger partial charge in [-0.2, -0.15) is 0 Å². The zero-order valence-corrected chi connectivity index (χ0v) is 10.1. The first-order chi connectivity index (χ1) is 7.72. The largest absolute Gasteiger partial charge is 0.377 e. The number of halogens is 1. The molecule has 88 valence electrons. The topological polar surface area (TPSA) is 51.4 Å². The Morgan fingerprint density at radius 1 is 1.69 bits per heavy atom. The minimum absolute atomic E-state index is 0.308. The Labute approximate surface area is 100 Å². The number of pyridine rings is 1. The lowest BCUT2D eigenvalue weighted by Crippen LogP contribution is -2.44. The van der Waals surface area contributed by atoms with Crippen molar-refractivity contribution < 1.29 is 4.74 Å². The second kappa shape index (κ2) is 4.99. The Morgan fingerprint density at radius 2 is 2.50 bits per heavy atom. The first-order valence-corrected chi connectivity index (χ1v) is 5.79. The molecule has 5 heteroatoms. The SMILES string of the molecule is CC1COCCN1c1ncc(CN)cc1Cl. The molecule has 2 N–H and O–H groups in total. The van der Waals surface area contributed by atoms with Crippen molar-refractivity contribution >= 4 is 17.4 Å². The molecule has 1 aliphatic heterocycles. The molecule has 0 saturated carbocycles. The van der Waals surface area contributed by atoms with Gasteiger partial charge in [-0.05, 0) is 18.6 Å². The summed E-state index contributed by atoms with van der Waals surface area (Å²) in [6.07, 6.45) is 1.78. The minimum atomic E-state index is 0.308. The van der Waals surface area contributed by atoms with Crippen LogP contribution < -0.4 is 10.6 Å². The lowest BCUT2D eigenvalue weighted by Gasteiger charge is -2.34. The van der Waals surface area contributed by atoms with Crippen LogP contribution in [0.15, 0.2) is 12.3 Å². The van der Waals surface area contributed by atoms with Crippen LogP contribution in [0, 0.1) is 0 Å². The van der Waals surface area contributed by atoms with Gasteiger partial charge in [-0.25, -0.2) is 4.98 Å². The van der Waals surface area contributed by atoms with Crippen molar-refractivity contribution in [1.29, 1.82) is 0 Å². The summed E-state index contributed by atoms with van der Waals surface area (Å²) in [6, 6.07) is 2.19. The van der Waals surface area contributed by atoms with Gasteiger partial charge in [0.15, 0.2) is 0 Å². The van der Waals surface area contributed by atoms with Crippen LogP contribution in [0.1, 0.15) is 12.5 Å². The molecular formula is C11H16ClN3O. The van der Waals surface area contributed by atoms with Gasteiger partial charge in [-0.1, -0.05) is 11.6 Å². The summed E-state index contributed by atoms with van der Waals surface area (Å²) in [4.78, 5) is 6.55. The Morgan fingerprint density at radius 3 is 3.12 bits per heavy atom. The maximum atomic E-state index is 6.21. The molecule has 1 atom stereocenters. The fourth-order valence-electron chi connectivity index (χ4n) is 1.84. The van der Waals surface area contributed by atoms with Gasteiger partial charge < -0.3 is 15.4 Å². The zero-order chi connectivity index (χ0) is 11.5. The lowest BCUT2D eigenvalue weighted by molar-refractivity contribution is 0.0985. The highest BCUT2D eigenvalue weighted by molar-refractivity contribution is 6.33. The predicted octanol–water partition coefficient (Wildman–Crippen LogP) is 1.42. The molecular weight excluding hydrogens is 226 g/mol. The van der Waals surface area contributed by atoms with Gasteiger partial charge in [0.25, 0.3) is 0 Å². The van der Waals surface area contributed by atoms with Crippen molar-refractivity contribution in [2.24, 2.45) is 5.73 Å². The van der Waals surface area contributed by atoms with Gasteiger partial charge in [0, 0.05) is 19.3 Å². The van der Waals surface area contributed by atoms with Crippen molar-refractivity contribution in [3.63, 3.8) is 0 Å². The summed E-state index contributed by atoms with van der Waals surface area (Å²) in [5.74, 6) is 0.828. The number of hydrogen-bond donors (Lipinski definition) is 1. The van der Waals surface area contributed by atoms with Crippen LogP contribution in [0.2, 0.25) is 5.02 Å². The molecule has 1 aromatic heterocycles. The molecule has 0 amide bonds. The van der Waals surface area contributed by atoms with Crippen LogP contribution >= 0.6 is 11.6 Å². The predicted molar refractivity (Wildman–Crippen MR) is 64.8 cm³/mol. The van der Waals surface area contributed by atoms with E-state index in [4.69, 9.17) is 22.1 Å². The Hall–Kier alpha value is -0.840. The number of morpholine rings is 1. The molecule has 0 aromatic carbocycles. The van der Waals surface area contributed by atoms with E-state index < -0.39 is 0 Å². The van der Waals surface area contributed by atoms with Crippen LogP contribution in [0.25, 0.3) is 0 Å². The Kier molecular flexibility index (Phi) is 3.63. The summed E-state index contributed by atoms with van der Waals surface area (Å²) in [5.41, 5.74) is 6.50. The molecule has 1 unspecified atom stereocenters. The van der Waals surface area contributed by atoms with Gasteiger partial charge in [0.05, 0.1) is 24.3 Å². The molecule has 2 rings (SSSR count). The van der Waals surface area contributed by atoms with E-state index in [2.05, 4.69) is 16.8 Å². The molecule has 0 bridgehead atoms. The summed E-state index contributed by atoms with van der Waals surface area (Å²) >= 11 is 6.21. The summed E-state index contributed by atoms with van der Waals surface area (Å²) < 4.78 is 5.39. The number of hydrogen-bond acceptors (Lipinski definition) is 4. The molecule has 1 aromatic rings. The van der Waals surface area contributed by atoms with E-state index in [0.717, 1.165) is 31.1 Å². The molecule has 1 saturated heterocycles. The van der Waals surface area contributed by atoms with E-state index in [-0.39, 0.29) is 0 Å². The minimum Gasteiger partial charge on any atom is -0.377 e. The molecule has 0 radical (unpaired) electrons. The number of nitrogens with zero attached hydrogens (tertiary/aromatic N) is 2. The third kappa shape index (κ3) is 2.29. The maximum Gasteiger partial charge on any atom is 0.147 e. The average Bonchev–Trinajstić information content (AvgIpc) is 2.30. The number of ether oxygens (including phenoxy) is 1. The molecule has 1 fully saturated rings. The third-order valence-electron chi connectivity index (χ3n) is 2.75. The van der Waals surface area contributed by atoms with E-state index in [1.807, 2.05) is 6.07 Å². The van der Waals surface area contributed by atoms with Gasteiger partial charge in [-0.3, -0.25) is 0 Å². The fourth-order valence-corrected chi connectivity index (χ4v) is 2.13. The highest BCUT2D eigenvalue weighted by Crippen LogP contribution is 2.26. The van der Waals surface area contributed by atoms with E-state index in [1.54, 1.807) is 6.20 Å². The lowest BCUT2D eigenvalue weighted by atomic mass is 10.2. The van der Waals surface area contributed by atoms with E-state index >= 15 is 0 Å². The first-order valence-electron chi connectivity index (χ1n) is 5.41. The summed E-state index contributed by atoms with van der Waals surface area (Å²) in [5, 5.41) is 0.664. The monoisotopic (exact) mass is 241 g/mol. The van der Waals surface area contributed by atoms with Crippen molar-refractivity contribution in [2.75, 3.05) is 24.7 Å². The molecule has 4 nitrogen and oxygen atoms in total. The summed E-state index contributed by atoms with van der Waals surface area (Å²) in [7, 11) is 0. The molecule has 0 spiro atoms. The quantitative estimate of drug-likeness (QED) is 0.851. The zero-order valence-electron chi connectivity index (χ0n) is 9.32. The molecule has 16 heavy (non-hydrogen) atoms. The van der Waals surface area contributed by atoms with Crippen molar-refractivity contribution in [3.8, 4) is 0 Å².